The summed E-state index contributed by atoms with van der Waals surface area (Å²) >= 11 is 0. The highest BCUT2D eigenvalue weighted by atomic mass is 16.4. The Bertz CT molecular complexity index is 357. The van der Waals surface area contributed by atoms with E-state index in [9.17, 15) is 4.79 Å². The molecule has 1 atom stereocenters. The molecule has 0 bridgehead atoms. The minimum absolute atomic E-state index is 0.0597. The maximum atomic E-state index is 10.4. The maximum absolute atomic E-state index is 10.4. The lowest BCUT2D eigenvalue weighted by Crippen LogP contribution is -2.11. The van der Waals surface area contributed by atoms with Crippen LogP contribution in [0.4, 0.5) is 0 Å². The zero-order valence-electron chi connectivity index (χ0n) is 10.5. The number of carbonyl (C=O) groups is 1. The van der Waals surface area contributed by atoms with Crippen LogP contribution in [0.1, 0.15) is 56.2 Å². The molecule has 0 aromatic heterocycles. The van der Waals surface area contributed by atoms with Crippen molar-refractivity contribution in [2.75, 3.05) is 0 Å². The molecule has 0 fully saturated rings. The molecule has 3 nitrogen and oxygen atoms in total. The van der Waals surface area contributed by atoms with E-state index in [2.05, 4.69) is 26.0 Å². The first-order valence-corrected chi connectivity index (χ1v) is 6.08. The van der Waals surface area contributed by atoms with Crippen molar-refractivity contribution in [3.05, 3.63) is 35.4 Å². The van der Waals surface area contributed by atoms with Crippen LogP contribution in [-0.4, -0.2) is 11.1 Å². The first-order chi connectivity index (χ1) is 8.00. The van der Waals surface area contributed by atoms with E-state index in [1.54, 1.807) is 0 Å². The highest BCUT2D eigenvalue weighted by Gasteiger charge is 2.07. The number of carboxylic acids is 1. The number of nitrogens with two attached hydrogens (primary N) is 1. The van der Waals surface area contributed by atoms with Gasteiger partial charge in [-0.05, 0) is 29.9 Å². The van der Waals surface area contributed by atoms with Crippen LogP contribution in [-0.2, 0) is 4.79 Å². The number of hydrogen-bond donors (Lipinski definition) is 2. The van der Waals surface area contributed by atoms with Crippen LogP contribution in [0.25, 0.3) is 0 Å². The summed E-state index contributed by atoms with van der Waals surface area (Å²) in [5, 5.41) is 8.55. The second-order valence-corrected chi connectivity index (χ2v) is 4.71. The van der Waals surface area contributed by atoms with E-state index in [0.717, 1.165) is 5.56 Å². The van der Waals surface area contributed by atoms with Gasteiger partial charge in [0, 0.05) is 12.5 Å². The summed E-state index contributed by atoms with van der Waals surface area (Å²) in [6, 6.07) is 8.21. The lowest BCUT2D eigenvalue weighted by Gasteiger charge is -2.13. The molecule has 1 rings (SSSR count). The Morgan fingerprint density at radius 2 is 1.76 bits per heavy atom. The van der Waals surface area contributed by atoms with E-state index >= 15 is 0 Å². The molecule has 0 aliphatic rings. The monoisotopic (exact) mass is 235 g/mol. The molecule has 1 unspecified atom stereocenters. The van der Waals surface area contributed by atoms with Crippen LogP contribution >= 0.6 is 0 Å². The Balaban J connectivity index is 2.51. The van der Waals surface area contributed by atoms with E-state index in [-0.39, 0.29) is 12.5 Å². The largest absolute Gasteiger partial charge is 0.481 e. The first-order valence-electron chi connectivity index (χ1n) is 6.08. The van der Waals surface area contributed by atoms with Crippen molar-refractivity contribution in [3.63, 3.8) is 0 Å². The van der Waals surface area contributed by atoms with Crippen LogP contribution in [0.2, 0.25) is 0 Å². The van der Waals surface area contributed by atoms with Crippen LogP contribution < -0.4 is 5.73 Å². The summed E-state index contributed by atoms with van der Waals surface area (Å²) in [5.74, 6) is -0.236. The van der Waals surface area contributed by atoms with Crippen LogP contribution in [0.3, 0.4) is 0 Å². The third-order valence-electron chi connectivity index (χ3n) is 2.94. The maximum Gasteiger partial charge on any atom is 0.303 e. The molecule has 3 N–H and O–H groups in total. The zero-order chi connectivity index (χ0) is 12.8. The van der Waals surface area contributed by atoms with Crippen LogP contribution in [0.15, 0.2) is 24.3 Å². The summed E-state index contributed by atoms with van der Waals surface area (Å²) in [4.78, 5) is 10.4. The predicted octanol–water partition coefficient (Wildman–Crippen LogP) is 3.06. The van der Waals surface area contributed by atoms with Crippen LogP contribution in [0, 0.1) is 0 Å². The number of aliphatic carboxylic acids is 1. The smallest absolute Gasteiger partial charge is 0.303 e. The highest BCUT2D eigenvalue weighted by molar-refractivity contribution is 5.66. The Kier molecular flexibility index (Phi) is 5.16. The van der Waals surface area contributed by atoms with Gasteiger partial charge < -0.3 is 10.8 Å². The number of benzene rings is 1. The fraction of sp³-hybridized carbons (Fsp3) is 0.500. The van der Waals surface area contributed by atoms with Gasteiger partial charge in [-0.15, -0.1) is 0 Å². The van der Waals surface area contributed by atoms with Gasteiger partial charge in [-0.1, -0.05) is 38.1 Å². The number of carboxylic acid groups (broad SMARTS) is 1. The molecule has 3 heteroatoms. The van der Waals surface area contributed by atoms with Crippen molar-refractivity contribution in [1.29, 1.82) is 0 Å². The van der Waals surface area contributed by atoms with Gasteiger partial charge in [0.2, 0.25) is 0 Å². The normalized spacial score (nSPS) is 12.7. The van der Waals surface area contributed by atoms with Gasteiger partial charge in [0.1, 0.15) is 0 Å². The minimum atomic E-state index is -0.757. The Morgan fingerprint density at radius 3 is 2.24 bits per heavy atom. The SMILES string of the molecule is CC(C)c1ccc(C(N)CCCC(=O)O)cc1. The molecule has 0 saturated carbocycles. The van der Waals surface area contributed by atoms with Crippen molar-refractivity contribution >= 4 is 5.97 Å². The van der Waals surface area contributed by atoms with Crippen molar-refractivity contribution in [3.8, 4) is 0 Å². The van der Waals surface area contributed by atoms with E-state index in [0.29, 0.717) is 18.8 Å². The van der Waals surface area contributed by atoms with E-state index in [4.69, 9.17) is 10.8 Å². The third kappa shape index (κ3) is 4.57. The fourth-order valence-electron chi connectivity index (χ4n) is 1.77. The van der Waals surface area contributed by atoms with Crippen molar-refractivity contribution in [2.24, 2.45) is 5.73 Å². The molecule has 0 radical (unpaired) electrons. The molecule has 0 saturated heterocycles. The van der Waals surface area contributed by atoms with E-state index < -0.39 is 5.97 Å². The van der Waals surface area contributed by atoms with Crippen molar-refractivity contribution in [2.45, 2.75) is 45.1 Å². The predicted molar refractivity (Wildman–Crippen MR) is 68.9 cm³/mol. The van der Waals surface area contributed by atoms with E-state index in [1.807, 2.05) is 12.1 Å². The van der Waals surface area contributed by atoms with Crippen molar-refractivity contribution in [1.82, 2.24) is 0 Å². The molecule has 0 aliphatic heterocycles. The summed E-state index contributed by atoms with van der Waals surface area (Å²) in [5.41, 5.74) is 8.40. The zero-order valence-corrected chi connectivity index (χ0v) is 10.5. The number of hydrogen-bond acceptors (Lipinski definition) is 2. The molecule has 1 aromatic rings. The lowest BCUT2D eigenvalue weighted by atomic mass is 9.97. The minimum Gasteiger partial charge on any atom is -0.481 e. The lowest BCUT2D eigenvalue weighted by molar-refractivity contribution is -0.137. The molecule has 1 aromatic carbocycles. The topological polar surface area (TPSA) is 63.3 Å². The van der Waals surface area contributed by atoms with Crippen molar-refractivity contribution < 1.29 is 9.90 Å². The van der Waals surface area contributed by atoms with Gasteiger partial charge in [0.15, 0.2) is 0 Å². The second-order valence-electron chi connectivity index (χ2n) is 4.71. The molecular formula is C14H21NO2. The highest BCUT2D eigenvalue weighted by Crippen LogP contribution is 2.20. The molecular weight excluding hydrogens is 214 g/mol. The van der Waals surface area contributed by atoms with Gasteiger partial charge in [0.25, 0.3) is 0 Å². The summed E-state index contributed by atoms with van der Waals surface area (Å²) in [6.45, 7) is 4.31. The molecule has 0 spiro atoms. The Hall–Kier alpha value is -1.35. The van der Waals surface area contributed by atoms with Crippen LogP contribution in [0.5, 0.6) is 0 Å². The molecule has 94 valence electrons. The average molecular weight is 235 g/mol. The Morgan fingerprint density at radius 1 is 1.24 bits per heavy atom. The van der Waals surface area contributed by atoms with E-state index in [1.165, 1.54) is 5.56 Å². The quantitative estimate of drug-likeness (QED) is 0.796. The summed E-state index contributed by atoms with van der Waals surface area (Å²) in [6.07, 6.45) is 1.54. The third-order valence-corrected chi connectivity index (χ3v) is 2.94. The molecule has 0 amide bonds. The first kappa shape index (κ1) is 13.7. The fourth-order valence-corrected chi connectivity index (χ4v) is 1.77. The Labute approximate surface area is 103 Å². The standard InChI is InChI=1S/C14H21NO2/c1-10(2)11-6-8-12(9-7-11)13(15)4-3-5-14(16)17/h6-10,13H,3-5,15H2,1-2H3,(H,16,17). The summed E-state index contributed by atoms with van der Waals surface area (Å²) < 4.78 is 0. The average Bonchev–Trinajstić information content (AvgIpc) is 2.28. The molecule has 17 heavy (non-hydrogen) atoms. The molecule has 0 aliphatic carbocycles. The number of rotatable bonds is 6. The summed E-state index contributed by atoms with van der Waals surface area (Å²) in [7, 11) is 0. The van der Waals surface area contributed by atoms with Gasteiger partial charge in [-0.2, -0.15) is 0 Å². The molecule has 0 heterocycles. The van der Waals surface area contributed by atoms with Gasteiger partial charge >= 0.3 is 5.97 Å². The van der Waals surface area contributed by atoms with Gasteiger partial charge in [-0.3, -0.25) is 4.79 Å². The second kappa shape index (κ2) is 6.40. The van der Waals surface area contributed by atoms with Gasteiger partial charge in [0.05, 0.1) is 0 Å². The van der Waals surface area contributed by atoms with Gasteiger partial charge in [-0.25, -0.2) is 0 Å².